The molecule has 0 saturated heterocycles. The molecule has 0 unspecified atom stereocenters. The molecule has 0 radical (unpaired) electrons. The van der Waals surface area contributed by atoms with E-state index in [1.54, 1.807) is 12.1 Å². The minimum Gasteiger partial charge on any atom is -0.467 e. The molecule has 0 heterocycles. The van der Waals surface area contributed by atoms with Crippen LogP contribution in [0.2, 0.25) is 5.02 Å². The minimum absolute atomic E-state index is 0.00525. The van der Waals surface area contributed by atoms with Gasteiger partial charge >= 0.3 is 12.1 Å². The Morgan fingerprint density at radius 2 is 1.69 bits per heavy atom. The molecular weight excluding hydrogens is 443 g/mol. The van der Waals surface area contributed by atoms with Gasteiger partial charge in [-0.25, -0.2) is 4.79 Å². The fourth-order valence-corrected chi connectivity index (χ4v) is 4.31. The molecule has 8 heteroatoms. The van der Waals surface area contributed by atoms with Crippen molar-refractivity contribution in [1.82, 2.24) is 5.32 Å². The first kappa shape index (κ1) is 24.1. The first-order valence-electron chi connectivity index (χ1n) is 10.4. The number of rotatable bonds is 5. The number of nitrogens with one attached hydrogen (secondary N) is 1. The fraction of sp³-hybridized carbons (Fsp3) is 0.417. The number of esters is 1. The van der Waals surface area contributed by atoms with Crippen molar-refractivity contribution in [3.63, 3.8) is 0 Å². The molecule has 2 aromatic rings. The van der Waals surface area contributed by atoms with Crippen LogP contribution in [-0.2, 0) is 20.7 Å². The van der Waals surface area contributed by atoms with E-state index in [1.165, 1.54) is 7.11 Å². The van der Waals surface area contributed by atoms with E-state index in [1.807, 2.05) is 37.3 Å². The smallest absolute Gasteiger partial charge is 0.391 e. The SMILES string of the molecule is COC(=O)[C@]1(NC(=O)Cc2cc(-c3ccc(Cl)cc3)ccc2C)CC[C@@H](C(F)(F)F)CC1. The molecule has 0 aromatic heterocycles. The van der Waals surface area contributed by atoms with Gasteiger partial charge in [0.05, 0.1) is 19.4 Å². The highest BCUT2D eigenvalue weighted by atomic mass is 35.5. The molecule has 1 N–H and O–H groups in total. The topological polar surface area (TPSA) is 55.4 Å². The zero-order chi connectivity index (χ0) is 23.5. The summed E-state index contributed by atoms with van der Waals surface area (Å²) in [4.78, 5) is 25.3. The van der Waals surface area contributed by atoms with Gasteiger partial charge in [0.1, 0.15) is 5.54 Å². The van der Waals surface area contributed by atoms with Crippen molar-refractivity contribution in [2.45, 2.75) is 50.7 Å². The number of aryl methyl sites for hydroxylation is 1. The first-order chi connectivity index (χ1) is 15.0. The van der Waals surface area contributed by atoms with Gasteiger partial charge in [-0.1, -0.05) is 41.9 Å². The van der Waals surface area contributed by atoms with E-state index < -0.39 is 29.5 Å². The van der Waals surface area contributed by atoms with Crippen LogP contribution in [0.3, 0.4) is 0 Å². The third kappa shape index (κ3) is 5.44. The molecule has 1 aliphatic rings. The Kier molecular flexibility index (Phi) is 7.18. The molecule has 172 valence electrons. The maximum absolute atomic E-state index is 13.1. The largest absolute Gasteiger partial charge is 0.467 e. The van der Waals surface area contributed by atoms with Crippen molar-refractivity contribution in [3.05, 3.63) is 58.6 Å². The van der Waals surface area contributed by atoms with Gasteiger partial charge in [0.15, 0.2) is 0 Å². The molecule has 1 aliphatic carbocycles. The Labute approximate surface area is 190 Å². The summed E-state index contributed by atoms with van der Waals surface area (Å²) in [7, 11) is 1.17. The second-order valence-corrected chi connectivity index (χ2v) is 8.70. The normalized spacial score (nSPS) is 21.1. The summed E-state index contributed by atoms with van der Waals surface area (Å²) < 4.78 is 44.0. The second-order valence-electron chi connectivity index (χ2n) is 8.26. The van der Waals surface area contributed by atoms with Gasteiger partial charge in [0, 0.05) is 5.02 Å². The van der Waals surface area contributed by atoms with E-state index in [2.05, 4.69) is 5.32 Å². The Bertz CT molecular complexity index is 981. The summed E-state index contributed by atoms with van der Waals surface area (Å²) >= 11 is 5.95. The summed E-state index contributed by atoms with van der Waals surface area (Å²) in [5, 5.41) is 3.32. The summed E-state index contributed by atoms with van der Waals surface area (Å²) in [6.07, 6.45) is -5.01. The number of hydrogen-bond donors (Lipinski definition) is 1. The van der Waals surface area contributed by atoms with Gasteiger partial charge in [-0.3, -0.25) is 4.79 Å². The highest BCUT2D eigenvalue weighted by Gasteiger charge is 2.50. The molecule has 1 fully saturated rings. The van der Waals surface area contributed by atoms with Crippen LogP contribution in [0, 0.1) is 12.8 Å². The van der Waals surface area contributed by atoms with Gasteiger partial charge in [-0.05, 0) is 67.0 Å². The van der Waals surface area contributed by atoms with Crippen LogP contribution in [-0.4, -0.2) is 30.7 Å². The highest BCUT2D eigenvalue weighted by Crippen LogP contribution is 2.41. The number of alkyl halides is 3. The number of methoxy groups -OCH3 is 1. The van der Waals surface area contributed by atoms with E-state index in [9.17, 15) is 22.8 Å². The standard InChI is InChI=1S/C24H25ClF3NO3/c1-15-3-4-17(16-5-7-20(25)8-6-16)13-18(15)14-21(30)29-23(22(31)32-2)11-9-19(10-12-23)24(26,27)28/h3-8,13,19H,9-12,14H2,1-2H3,(H,29,30)/t19-,23+. The fourth-order valence-electron chi connectivity index (χ4n) is 4.18. The Balaban J connectivity index is 1.76. The Morgan fingerprint density at radius 3 is 2.25 bits per heavy atom. The number of hydrogen-bond acceptors (Lipinski definition) is 3. The van der Waals surface area contributed by atoms with Crippen LogP contribution in [0.1, 0.15) is 36.8 Å². The lowest BCUT2D eigenvalue weighted by Crippen LogP contribution is -2.58. The number of amides is 1. The molecule has 3 rings (SSSR count). The summed E-state index contributed by atoms with van der Waals surface area (Å²) in [6.45, 7) is 1.87. The van der Waals surface area contributed by atoms with E-state index in [0.29, 0.717) is 5.02 Å². The van der Waals surface area contributed by atoms with Gasteiger partial charge in [-0.2, -0.15) is 13.2 Å². The average molecular weight is 468 g/mol. The molecule has 4 nitrogen and oxygen atoms in total. The summed E-state index contributed by atoms with van der Waals surface area (Å²) in [5.74, 6) is -2.62. The Morgan fingerprint density at radius 1 is 1.09 bits per heavy atom. The van der Waals surface area contributed by atoms with E-state index in [-0.39, 0.29) is 32.1 Å². The number of carbonyl (C=O) groups is 2. The summed E-state index contributed by atoms with van der Waals surface area (Å²) in [5.41, 5.74) is 2.07. The zero-order valence-electron chi connectivity index (χ0n) is 17.9. The maximum atomic E-state index is 13.1. The van der Waals surface area contributed by atoms with E-state index >= 15 is 0 Å². The predicted molar refractivity (Wildman–Crippen MR) is 116 cm³/mol. The van der Waals surface area contributed by atoms with Gasteiger partial charge in [0.2, 0.25) is 5.91 Å². The van der Waals surface area contributed by atoms with Crippen LogP contribution < -0.4 is 5.32 Å². The van der Waals surface area contributed by atoms with Crippen molar-refractivity contribution in [1.29, 1.82) is 0 Å². The van der Waals surface area contributed by atoms with Crippen molar-refractivity contribution in [2.75, 3.05) is 7.11 Å². The van der Waals surface area contributed by atoms with Crippen LogP contribution >= 0.6 is 11.6 Å². The Hall–Kier alpha value is -2.54. The minimum atomic E-state index is -4.31. The number of benzene rings is 2. The number of carbonyl (C=O) groups excluding carboxylic acids is 2. The third-order valence-corrected chi connectivity index (χ3v) is 6.39. The summed E-state index contributed by atoms with van der Waals surface area (Å²) in [6, 6.07) is 13.0. The van der Waals surface area contributed by atoms with Crippen molar-refractivity contribution >= 4 is 23.5 Å². The lowest BCUT2D eigenvalue weighted by molar-refractivity contribution is -0.188. The zero-order valence-corrected chi connectivity index (χ0v) is 18.6. The van der Waals surface area contributed by atoms with E-state index in [0.717, 1.165) is 22.3 Å². The van der Waals surface area contributed by atoms with Gasteiger partial charge < -0.3 is 10.1 Å². The van der Waals surface area contributed by atoms with Gasteiger partial charge in [-0.15, -0.1) is 0 Å². The first-order valence-corrected chi connectivity index (χ1v) is 10.7. The molecule has 32 heavy (non-hydrogen) atoms. The average Bonchev–Trinajstić information content (AvgIpc) is 2.75. The number of halogens is 4. The molecule has 0 aliphatic heterocycles. The maximum Gasteiger partial charge on any atom is 0.391 e. The molecule has 0 spiro atoms. The monoisotopic (exact) mass is 467 g/mol. The molecule has 2 aromatic carbocycles. The quantitative estimate of drug-likeness (QED) is 0.579. The molecular formula is C24H25ClF3NO3. The van der Waals surface area contributed by atoms with Crippen LogP contribution in [0.15, 0.2) is 42.5 Å². The molecule has 1 saturated carbocycles. The lowest BCUT2D eigenvalue weighted by Gasteiger charge is -2.38. The van der Waals surface area contributed by atoms with Crippen LogP contribution in [0.5, 0.6) is 0 Å². The lowest BCUT2D eigenvalue weighted by atomic mass is 9.76. The van der Waals surface area contributed by atoms with Crippen LogP contribution in [0.25, 0.3) is 11.1 Å². The van der Waals surface area contributed by atoms with Crippen LogP contribution in [0.4, 0.5) is 13.2 Å². The van der Waals surface area contributed by atoms with Gasteiger partial charge in [0.25, 0.3) is 0 Å². The van der Waals surface area contributed by atoms with Crippen molar-refractivity contribution in [3.8, 4) is 11.1 Å². The molecule has 0 atom stereocenters. The number of ether oxygens (including phenoxy) is 1. The van der Waals surface area contributed by atoms with Crippen molar-refractivity contribution in [2.24, 2.45) is 5.92 Å². The highest BCUT2D eigenvalue weighted by molar-refractivity contribution is 6.30. The third-order valence-electron chi connectivity index (χ3n) is 6.13. The van der Waals surface area contributed by atoms with E-state index in [4.69, 9.17) is 16.3 Å². The second kappa shape index (κ2) is 9.53. The van der Waals surface area contributed by atoms with Crippen molar-refractivity contribution < 1.29 is 27.5 Å². The molecule has 0 bridgehead atoms. The predicted octanol–water partition coefficient (Wildman–Crippen LogP) is 5.64. The molecule has 1 amide bonds.